The average Bonchev–Trinajstić information content (AvgIpc) is 2.78. The Hall–Kier alpha value is -0.870. The van der Waals surface area contributed by atoms with Gasteiger partial charge in [0.1, 0.15) is 0 Å². The third-order valence-corrected chi connectivity index (χ3v) is 3.96. The number of hydrogen-bond acceptors (Lipinski definition) is 3. The van der Waals surface area contributed by atoms with Crippen LogP contribution >= 0.6 is 11.3 Å². The molecule has 0 aromatic carbocycles. The summed E-state index contributed by atoms with van der Waals surface area (Å²) in [5, 5.41) is 14.4. The minimum absolute atomic E-state index is 0.0580. The molecule has 4 heteroatoms. The van der Waals surface area contributed by atoms with Crippen LogP contribution in [0.3, 0.4) is 0 Å². The summed E-state index contributed by atoms with van der Waals surface area (Å²) in [4.78, 5) is 13.1. The molecule has 3 nitrogen and oxygen atoms in total. The van der Waals surface area contributed by atoms with Crippen molar-refractivity contribution in [2.24, 2.45) is 5.41 Å². The van der Waals surface area contributed by atoms with Gasteiger partial charge in [0, 0.05) is 17.8 Å². The lowest BCUT2D eigenvalue weighted by Gasteiger charge is -2.26. The minimum Gasteiger partial charge on any atom is -0.393 e. The zero-order valence-electron chi connectivity index (χ0n) is 12.1. The molecule has 0 spiro atoms. The number of rotatable bonds is 8. The van der Waals surface area contributed by atoms with Gasteiger partial charge in [-0.25, -0.2) is 0 Å². The fourth-order valence-corrected chi connectivity index (χ4v) is 2.93. The molecule has 0 fully saturated rings. The van der Waals surface area contributed by atoms with Gasteiger partial charge >= 0.3 is 0 Å². The highest BCUT2D eigenvalue weighted by Gasteiger charge is 2.20. The van der Waals surface area contributed by atoms with E-state index >= 15 is 0 Å². The second kappa shape index (κ2) is 7.65. The van der Waals surface area contributed by atoms with E-state index in [-0.39, 0.29) is 17.4 Å². The fourth-order valence-electron chi connectivity index (χ4n) is 2.18. The molecule has 19 heavy (non-hydrogen) atoms. The number of hydrogen-bond donors (Lipinski definition) is 2. The molecule has 1 unspecified atom stereocenters. The molecular formula is C15H25NO2S. The van der Waals surface area contributed by atoms with E-state index in [2.05, 4.69) is 30.6 Å². The van der Waals surface area contributed by atoms with Gasteiger partial charge in [-0.1, -0.05) is 19.9 Å². The first-order valence-corrected chi connectivity index (χ1v) is 7.74. The van der Waals surface area contributed by atoms with Crippen molar-refractivity contribution in [1.29, 1.82) is 0 Å². The molecule has 1 rings (SSSR count). The maximum absolute atomic E-state index is 11.7. The molecule has 1 aromatic rings. The van der Waals surface area contributed by atoms with Gasteiger partial charge in [-0.2, -0.15) is 0 Å². The maximum atomic E-state index is 11.7. The second-order valence-electron chi connectivity index (χ2n) is 5.93. The first-order valence-electron chi connectivity index (χ1n) is 6.86. The topological polar surface area (TPSA) is 49.3 Å². The van der Waals surface area contributed by atoms with Crippen molar-refractivity contribution in [3.63, 3.8) is 0 Å². The Labute approximate surface area is 120 Å². The molecule has 0 aliphatic heterocycles. The fraction of sp³-hybridized carbons (Fsp3) is 0.667. The molecule has 0 saturated carbocycles. The number of carbonyl (C=O) groups excluding carboxylic acids is 1. The number of aliphatic hydroxyl groups excluding tert-OH is 1. The van der Waals surface area contributed by atoms with E-state index < -0.39 is 0 Å². The Morgan fingerprint density at radius 3 is 2.84 bits per heavy atom. The van der Waals surface area contributed by atoms with Gasteiger partial charge in [0.2, 0.25) is 5.91 Å². The van der Waals surface area contributed by atoms with Crippen LogP contribution in [0.4, 0.5) is 0 Å². The SMILES string of the molecule is CC(O)CC(C)(C)CNC(=O)CCCc1cccs1. The summed E-state index contributed by atoms with van der Waals surface area (Å²) in [6.07, 6.45) is 2.81. The van der Waals surface area contributed by atoms with E-state index in [0.29, 0.717) is 19.4 Å². The molecule has 1 aromatic heterocycles. The largest absolute Gasteiger partial charge is 0.393 e. The monoisotopic (exact) mass is 283 g/mol. The van der Waals surface area contributed by atoms with Gasteiger partial charge in [-0.05, 0) is 43.0 Å². The normalized spacial score (nSPS) is 13.3. The van der Waals surface area contributed by atoms with Crippen molar-refractivity contribution in [3.8, 4) is 0 Å². The summed E-state index contributed by atoms with van der Waals surface area (Å²) in [6, 6.07) is 4.15. The smallest absolute Gasteiger partial charge is 0.220 e. The van der Waals surface area contributed by atoms with Gasteiger partial charge in [-0.3, -0.25) is 4.79 Å². The summed E-state index contributed by atoms with van der Waals surface area (Å²) in [5.74, 6) is 0.107. The Morgan fingerprint density at radius 1 is 1.53 bits per heavy atom. The molecule has 108 valence electrons. The number of aliphatic hydroxyl groups is 1. The van der Waals surface area contributed by atoms with Gasteiger partial charge in [0.15, 0.2) is 0 Å². The molecule has 0 saturated heterocycles. The van der Waals surface area contributed by atoms with E-state index in [1.54, 1.807) is 18.3 Å². The Morgan fingerprint density at radius 2 is 2.26 bits per heavy atom. The molecule has 2 N–H and O–H groups in total. The minimum atomic E-state index is -0.328. The summed E-state index contributed by atoms with van der Waals surface area (Å²) in [7, 11) is 0. The van der Waals surface area contributed by atoms with E-state index in [1.807, 2.05) is 6.07 Å². The molecule has 0 bridgehead atoms. The van der Waals surface area contributed by atoms with Crippen molar-refractivity contribution in [1.82, 2.24) is 5.32 Å². The molecule has 1 amide bonds. The summed E-state index contributed by atoms with van der Waals surface area (Å²) in [6.45, 7) is 6.53. The van der Waals surface area contributed by atoms with Gasteiger partial charge in [-0.15, -0.1) is 11.3 Å². The number of carbonyl (C=O) groups is 1. The standard InChI is InChI=1S/C15H25NO2S/c1-12(17)10-15(2,3)11-16-14(18)8-4-6-13-7-5-9-19-13/h5,7,9,12,17H,4,6,8,10-11H2,1-3H3,(H,16,18). The van der Waals surface area contributed by atoms with Crippen molar-refractivity contribution in [3.05, 3.63) is 22.4 Å². The number of amides is 1. The van der Waals surface area contributed by atoms with Crippen LogP contribution in [0.15, 0.2) is 17.5 Å². The summed E-state index contributed by atoms with van der Waals surface area (Å²) < 4.78 is 0. The molecule has 0 aliphatic carbocycles. The number of nitrogens with one attached hydrogen (secondary N) is 1. The van der Waals surface area contributed by atoms with Crippen LogP contribution in [0.5, 0.6) is 0 Å². The second-order valence-corrected chi connectivity index (χ2v) is 6.96. The average molecular weight is 283 g/mol. The lowest BCUT2D eigenvalue weighted by Crippen LogP contribution is -2.35. The van der Waals surface area contributed by atoms with E-state index in [1.165, 1.54) is 4.88 Å². The number of aryl methyl sites for hydroxylation is 1. The molecular weight excluding hydrogens is 258 g/mol. The number of thiophene rings is 1. The van der Waals surface area contributed by atoms with Gasteiger partial charge in [0.25, 0.3) is 0 Å². The third-order valence-electron chi connectivity index (χ3n) is 3.02. The highest BCUT2D eigenvalue weighted by molar-refractivity contribution is 7.09. The predicted octanol–water partition coefficient (Wildman–Crippen LogP) is 2.98. The zero-order chi connectivity index (χ0) is 14.3. The van der Waals surface area contributed by atoms with E-state index in [0.717, 1.165) is 12.8 Å². The quantitative estimate of drug-likeness (QED) is 0.770. The van der Waals surface area contributed by atoms with Crippen molar-refractivity contribution in [2.75, 3.05) is 6.54 Å². The first-order chi connectivity index (χ1) is 8.89. The highest BCUT2D eigenvalue weighted by Crippen LogP contribution is 2.21. The van der Waals surface area contributed by atoms with Crippen LogP contribution in [-0.2, 0) is 11.2 Å². The van der Waals surface area contributed by atoms with Gasteiger partial charge < -0.3 is 10.4 Å². The van der Waals surface area contributed by atoms with Crippen LogP contribution in [0.2, 0.25) is 0 Å². The first kappa shape index (κ1) is 16.2. The van der Waals surface area contributed by atoms with Crippen molar-refractivity contribution in [2.45, 2.75) is 52.6 Å². The van der Waals surface area contributed by atoms with Crippen LogP contribution in [0.25, 0.3) is 0 Å². The highest BCUT2D eigenvalue weighted by atomic mass is 32.1. The lowest BCUT2D eigenvalue weighted by molar-refractivity contribution is -0.121. The summed E-state index contributed by atoms with van der Waals surface area (Å²) in [5.41, 5.74) is -0.0580. The van der Waals surface area contributed by atoms with E-state index in [4.69, 9.17) is 0 Å². The van der Waals surface area contributed by atoms with E-state index in [9.17, 15) is 9.90 Å². The zero-order valence-corrected chi connectivity index (χ0v) is 12.9. The van der Waals surface area contributed by atoms with Crippen molar-refractivity contribution < 1.29 is 9.90 Å². The van der Waals surface area contributed by atoms with Crippen LogP contribution in [-0.4, -0.2) is 23.7 Å². The van der Waals surface area contributed by atoms with Crippen LogP contribution in [0.1, 0.15) is 44.9 Å². The lowest BCUT2D eigenvalue weighted by atomic mass is 9.87. The molecule has 1 heterocycles. The Balaban J connectivity index is 2.17. The van der Waals surface area contributed by atoms with Gasteiger partial charge in [0.05, 0.1) is 6.10 Å². The summed E-state index contributed by atoms with van der Waals surface area (Å²) >= 11 is 1.74. The van der Waals surface area contributed by atoms with Crippen LogP contribution < -0.4 is 5.32 Å². The van der Waals surface area contributed by atoms with Crippen LogP contribution in [0, 0.1) is 5.41 Å². The molecule has 1 atom stereocenters. The Kier molecular flexibility index (Phi) is 6.52. The molecule has 0 aliphatic rings. The van der Waals surface area contributed by atoms with Crippen molar-refractivity contribution >= 4 is 17.2 Å². The maximum Gasteiger partial charge on any atom is 0.220 e. The third kappa shape index (κ3) is 7.33. The predicted molar refractivity (Wildman–Crippen MR) is 80.3 cm³/mol. The molecule has 0 radical (unpaired) electrons. The Bertz CT molecular complexity index is 372.